The van der Waals surface area contributed by atoms with Gasteiger partial charge in [0.25, 0.3) is 0 Å². The number of nitrogens with two attached hydrogens (primary N) is 1. The molecule has 1 saturated heterocycles. The van der Waals surface area contributed by atoms with Crippen LogP contribution < -0.4 is 5.73 Å². The van der Waals surface area contributed by atoms with Gasteiger partial charge >= 0.3 is 0 Å². The molecule has 1 aliphatic heterocycles. The lowest BCUT2D eigenvalue weighted by Crippen LogP contribution is -2.42. The van der Waals surface area contributed by atoms with Crippen molar-refractivity contribution in [2.75, 3.05) is 39.5 Å². The minimum absolute atomic E-state index is 0.741. The quantitative estimate of drug-likeness (QED) is 0.870. The van der Waals surface area contributed by atoms with Crippen molar-refractivity contribution >= 4 is 5.69 Å². The Balaban J connectivity index is 1.74. The summed E-state index contributed by atoms with van der Waals surface area (Å²) < 4.78 is 0. The highest BCUT2D eigenvalue weighted by molar-refractivity contribution is 5.34. The molecule has 1 aromatic heterocycles. The van der Waals surface area contributed by atoms with Crippen LogP contribution in [0.15, 0.2) is 18.3 Å². The lowest BCUT2D eigenvalue weighted by atomic mass is 10.0. The van der Waals surface area contributed by atoms with Crippen molar-refractivity contribution in [3.8, 4) is 0 Å². The highest BCUT2D eigenvalue weighted by Gasteiger charge is 2.19. The molecule has 0 bridgehead atoms. The van der Waals surface area contributed by atoms with E-state index in [1.807, 2.05) is 12.1 Å². The summed E-state index contributed by atoms with van der Waals surface area (Å²) in [4.78, 5) is 9.23. The number of nitrogen functional groups attached to an aromatic ring is 1. The highest BCUT2D eigenvalue weighted by Crippen LogP contribution is 2.14. The van der Waals surface area contributed by atoms with Crippen molar-refractivity contribution in [2.24, 2.45) is 0 Å². The fraction of sp³-hybridized carbons (Fsp3) is 0.643. The second-order valence-corrected chi connectivity index (χ2v) is 5.37. The average molecular weight is 248 g/mol. The Bertz CT molecular complexity index is 353. The van der Waals surface area contributed by atoms with Crippen LogP contribution in [0.25, 0.3) is 0 Å². The van der Waals surface area contributed by atoms with E-state index >= 15 is 0 Å². The number of aromatic nitrogens is 1. The zero-order valence-corrected chi connectivity index (χ0v) is 11.5. The van der Waals surface area contributed by atoms with Crippen LogP contribution in [0.4, 0.5) is 5.69 Å². The zero-order valence-electron chi connectivity index (χ0n) is 11.5. The predicted octanol–water partition coefficient (Wildman–Crippen LogP) is 1.23. The zero-order chi connectivity index (χ0) is 13.0. The van der Waals surface area contributed by atoms with E-state index in [-0.39, 0.29) is 0 Å². The molecule has 1 aromatic rings. The third-order valence-electron chi connectivity index (χ3n) is 3.82. The maximum atomic E-state index is 5.63. The molecule has 0 aromatic carbocycles. The summed E-state index contributed by atoms with van der Waals surface area (Å²) in [5.74, 6) is 0. The number of rotatable bonds is 4. The van der Waals surface area contributed by atoms with Gasteiger partial charge < -0.3 is 15.5 Å². The van der Waals surface area contributed by atoms with Gasteiger partial charge in [-0.1, -0.05) is 0 Å². The lowest BCUT2D eigenvalue weighted by molar-refractivity contribution is 0.146. The SMILES string of the molecule is CN(C)C1CCN(CCc2ccc(N)cn2)CC1. The Morgan fingerprint density at radius 3 is 2.61 bits per heavy atom. The Morgan fingerprint density at radius 2 is 2.06 bits per heavy atom. The molecule has 2 N–H and O–H groups in total. The van der Waals surface area contributed by atoms with Gasteiger partial charge in [-0.2, -0.15) is 0 Å². The second-order valence-electron chi connectivity index (χ2n) is 5.37. The minimum Gasteiger partial charge on any atom is -0.397 e. The monoisotopic (exact) mass is 248 g/mol. The molecule has 4 nitrogen and oxygen atoms in total. The molecule has 1 fully saturated rings. The van der Waals surface area contributed by atoms with E-state index in [4.69, 9.17) is 5.73 Å². The molecule has 0 radical (unpaired) electrons. The summed E-state index contributed by atoms with van der Waals surface area (Å²) in [5.41, 5.74) is 7.51. The first-order valence-electron chi connectivity index (χ1n) is 6.74. The van der Waals surface area contributed by atoms with Crippen molar-refractivity contribution in [1.29, 1.82) is 0 Å². The van der Waals surface area contributed by atoms with Crippen LogP contribution in [0.2, 0.25) is 0 Å². The average Bonchev–Trinajstić information content (AvgIpc) is 2.38. The molecular formula is C14H24N4. The van der Waals surface area contributed by atoms with Crippen LogP contribution >= 0.6 is 0 Å². The molecule has 0 amide bonds. The van der Waals surface area contributed by atoms with Crippen molar-refractivity contribution in [3.63, 3.8) is 0 Å². The van der Waals surface area contributed by atoms with E-state index in [2.05, 4.69) is 28.9 Å². The standard InChI is InChI=1S/C14H24N4/c1-17(2)14-6-9-18(10-7-14)8-5-13-4-3-12(15)11-16-13/h3-4,11,14H,5-10,15H2,1-2H3. The maximum Gasteiger partial charge on any atom is 0.0501 e. The molecule has 0 spiro atoms. The molecular weight excluding hydrogens is 224 g/mol. The Labute approximate surface area is 110 Å². The van der Waals surface area contributed by atoms with Crippen LogP contribution in [-0.4, -0.2) is 54.6 Å². The third-order valence-corrected chi connectivity index (χ3v) is 3.82. The van der Waals surface area contributed by atoms with Crippen molar-refractivity contribution in [1.82, 2.24) is 14.8 Å². The van der Waals surface area contributed by atoms with E-state index in [0.717, 1.165) is 30.4 Å². The van der Waals surface area contributed by atoms with Gasteiger partial charge in [0.2, 0.25) is 0 Å². The normalized spacial score (nSPS) is 18.4. The number of pyridine rings is 1. The van der Waals surface area contributed by atoms with Crippen molar-refractivity contribution in [3.05, 3.63) is 24.0 Å². The summed E-state index contributed by atoms with van der Waals surface area (Å²) in [6, 6.07) is 4.72. The van der Waals surface area contributed by atoms with Gasteiger partial charge in [0.1, 0.15) is 0 Å². The largest absolute Gasteiger partial charge is 0.397 e. The van der Waals surface area contributed by atoms with Crippen LogP contribution in [0.1, 0.15) is 18.5 Å². The van der Waals surface area contributed by atoms with Gasteiger partial charge in [-0.15, -0.1) is 0 Å². The van der Waals surface area contributed by atoms with Gasteiger partial charge in [0.05, 0.1) is 11.9 Å². The molecule has 1 aliphatic rings. The third kappa shape index (κ3) is 3.68. The first-order chi connectivity index (χ1) is 8.65. The number of hydrogen-bond acceptors (Lipinski definition) is 4. The molecule has 0 saturated carbocycles. The van der Waals surface area contributed by atoms with Gasteiger partial charge in [-0.05, 0) is 52.2 Å². The predicted molar refractivity (Wildman–Crippen MR) is 75.5 cm³/mol. The van der Waals surface area contributed by atoms with Gasteiger partial charge in [0.15, 0.2) is 0 Å². The Hall–Kier alpha value is -1.13. The fourth-order valence-electron chi connectivity index (χ4n) is 2.52. The number of hydrogen-bond donors (Lipinski definition) is 1. The van der Waals surface area contributed by atoms with E-state index in [1.165, 1.54) is 25.9 Å². The Kier molecular flexibility index (Phi) is 4.55. The van der Waals surface area contributed by atoms with Gasteiger partial charge in [0, 0.05) is 24.7 Å². The van der Waals surface area contributed by atoms with Gasteiger partial charge in [-0.3, -0.25) is 4.98 Å². The van der Waals surface area contributed by atoms with E-state index in [9.17, 15) is 0 Å². The minimum atomic E-state index is 0.741. The van der Waals surface area contributed by atoms with Crippen LogP contribution in [0.3, 0.4) is 0 Å². The topological polar surface area (TPSA) is 45.4 Å². The maximum absolute atomic E-state index is 5.63. The lowest BCUT2D eigenvalue weighted by Gasteiger charge is -2.35. The van der Waals surface area contributed by atoms with E-state index < -0.39 is 0 Å². The van der Waals surface area contributed by atoms with Crippen molar-refractivity contribution < 1.29 is 0 Å². The smallest absolute Gasteiger partial charge is 0.0501 e. The summed E-state index contributed by atoms with van der Waals surface area (Å²) in [6.07, 6.45) is 5.32. The first-order valence-corrected chi connectivity index (χ1v) is 6.74. The molecule has 0 unspecified atom stereocenters. The fourth-order valence-corrected chi connectivity index (χ4v) is 2.52. The van der Waals surface area contributed by atoms with Crippen LogP contribution in [0, 0.1) is 0 Å². The summed E-state index contributed by atoms with van der Waals surface area (Å²) >= 11 is 0. The molecule has 0 aliphatic carbocycles. The molecule has 2 heterocycles. The summed E-state index contributed by atoms with van der Waals surface area (Å²) in [6.45, 7) is 3.52. The van der Waals surface area contributed by atoms with E-state index in [0.29, 0.717) is 0 Å². The van der Waals surface area contributed by atoms with Crippen LogP contribution in [-0.2, 0) is 6.42 Å². The first kappa shape index (κ1) is 13.3. The molecule has 100 valence electrons. The molecule has 0 atom stereocenters. The molecule has 18 heavy (non-hydrogen) atoms. The molecule has 2 rings (SSSR count). The summed E-state index contributed by atoms with van der Waals surface area (Å²) in [5, 5.41) is 0. The number of piperidine rings is 1. The second kappa shape index (κ2) is 6.16. The number of likely N-dealkylation sites (tertiary alicyclic amines) is 1. The highest BCUT2D eigenvalue weighted by atomic mass is 15.2. The van der Waals surface area contributed by atoms with Crippen LogP contribution in [0.5, 0.6) is 0 Å². The van der Waals surface area contributed by atoms with Gasteiger partial charge in [-0.25, -0.2) is 0 Å². The Morgan fingerprint density at radius 1 is 1.33 bits per heavy atom. The summed E-state index contributed by atoms with van der Waals surface area (Å²) in [7, 11) is 4.36. The number of anilines is 1. The number of nitrogens with zero attached hydrogens (tertiary/aromatic N) is 3. The van der Waals surface area contributed by atoms with E-state index in [1.54, 1.807) is 6.20 Å². The molecule has 4 heteroatoms. The van der Waals surface area contributed by atoms with Crippen molar-refractivity contribution in [2.45, 2.75) is 25.3 Å².